The minimum Gasteiger partial charge on any atom is -0.356 e. The summed E-state index contributed by atoms with van der Waals surface area (Å²) in [5, 5.41) is 7.51. The van der Waals surface area contributed by atoms with E-state index in [-0.39, 0.29) is 5.92 Å². The molecule has 0 aliphatic rings. The molecule has 0 spiro atoms. The van der Waals surface area contributed by atoms with Crippen molar-refractivity contribution < 1.29 is 13.2 Å². The van der Waals surface area contributed by atoms with Crippen LogP contribution in [-0.2, 0) is 12.6 Å². The van der Waals surface area contributed by atoms with Gasteiger partial charge in [-0.15, -0.1) is 11.3 Å². The Balaban J connectivity index is 1.76. The number of nitrogens with zero attached hydrogens (tertiary/aromatic N) is 2. The number of aliphatic imine (C=N–C) groups is 1. The van der Waals surface area contributed by atoms with Gasteiger partial charge in [0.25, 0.3) is 0 Å². The minimum absolute atomic E-state index is 0.0104. The van der Waals surface area contributed by atoms with Crippen LogP contribution in [0.2, 0.25) is 0 Å². The average Bonchev–Trinajstić information content (AvgIpc) is 3.04. The predicted molar refractivity (Wildman–Crippen MR) is 104 cm³/mol. The number of aromatic nitrogens is 1. The second-order valence-electron chi connectivity index (χ2n) is 6.35. The first kappa shape index (κ1) is 21.2. The average molecular weight is 398 g/mol. The molecule has 0 fully saturated rings. The number of thiazole rings is 1. The molecule has 1 unspecified atom stereocenters. The van der Waals surface area contributed by atoms with Crippen molar-refractivity contribution >= 4 is 17.3 Å². The lowest BCUT2D eigenvalue weighted by Crippen LogP contribution is -2.39. The number of nitrogens with one attached hydrogen (secondary N) is 2. The van der Waals surface area contributed by atoms with Crippen molar-refractivity contribution in [2.24, 2.45) is 4.99 Å². The number of rotatable bonds is 7. The number of hydrogen-bond acceptors (Lipinski definition) is 3. The lowest BCUT2D eigenvalue weighted by atomic mass is 9.96. The highest BCUT2D eigenvalue weighted by atomic mass is 32.1. The van der Waals surface area contributed by atoms with Crippen LogP contribution in [0.15, 0.2) is 35.5 Å². The monoisotopic (exact) mass is 398 g/mol. The van der Waals surface area contributed by atoms with Crippen LogP contribution < -0.4 is 10.6 Å². The Morgan fingerprint density at radius 3 is 2.63 bits per heavy atom. The van der Waals surface area contributed by atoms with Gasteiger partial charge < -0.3 is 10.6 Å². The van der Waals surface area contributed by atoms with E-state index in [1.54, 1.807) is 24.5 Å². The summed E-state index contributed by atoms with van der Waals surface area (Å²) in [6, 6.07) is 5.53. The third-order valence-electron chi connectivity index (χ3n) is 4.18. The quantitative estimate of drug-likeness (QED) is 0.538. The van der Waals surface area contributed by atoms with Crippen LogP contribution >= 0.6 is 11.3 Å². The van der Waals surface area contributed by atoms with Crippen LogP contribution in [0, 0.1) is 6.92 Å². The van der Waals surface area contributed by atoms with Gasteiger partial charge in [0, 0.05) is 37.6 Å². The van der Waals surface area contributed by atoms with E-state index in [9.17, 15) is 13.2 Å². The number of guanidine groups is 1. The molecule has 1 atom stereocenters. The topological polar surface area (TPSA) is 49.3 Å². The Hall–Kier alpha value is -2.09. The van der Waals surface area contributed by atoms with E-state index in [0.29, 0.717) is 24.5 Å². The second kappa shape index (κ2) is 9.73. The van der Waals surface area contributed by atoms with Gasteiger partial charge in [-0.25, -0.2) is 4.98 Å². The van der Waals surface area contributed by atoms with Crippen LogP contribution in [0.1, 0.15) is 40.3 Å². The van der Waals surface area contributed by atoms with E-state index in [4.69, 9.17) is 0 Å². The predicted octanol–water partition coefficient (Wildman–Crippen LogP) is 4.37. The van der Waals surface area contributed by atoms with Crippen LogP contribution in [0.3, 0.4) is 0 Å². The fourth-order valence-corrected chi connectivity index (χ4v) is 3.41. The number of hydrogen-bond donors (Lipinski definition) is 2. The van der Waals surface area contributed by atoms with Gasteiger partial charge >= 0.3 is 6.18 Å². The minimum atomic E-state index is -4.31. The highest BCUT2D eigenvalue weighted by Gasteiger charge is 2.30. The standard InChI is InChI=1S/C19H25F3N4S/c1-13(15-5-4-6-16(11-15)19(20,21)22)7-9-24-18(23-3)25-10-8-17-26-12-14(2)27-17/h4-6,11-13H,7-10H2,1-3H3,(H2,23,24,25). The molecule has 0 amide bonds. The molecule has 0 bridgehead atoms. The van der Waals surface area contributed by atoms with E-state index >= 15 is 0 Å². The summed E-state index contributed by atoms with van der Waals surface area (Å²) in [6.07, 6.45) is -0.925. The van der Waals surface area contributed by atoms with Crippen molar-refractivity contribution in [3.8, 4) is 0 Å². The molecule has 2 N–H and O–H groups in total. The van der Waals surface area contributed by atoms with E-state index < -0.39 is 11.7 Å². The van der Waals surface area contributed by atoms with E-state index in [2.05, 4.69) is 20.6 Å². The third-order valence-corrected chi connectivity index (χ3v) is 5.15. The van der Waals surface area contributed by atoms with Crippen molar-refractivity contribution in [2.45, 2.75) is 38.8 Å². The molecule has 2 aromatic rings. The molecule has 27 heavy (non-hydrogen) atoms. The molecule has 0 saturated carbocycles. The maximum atomic E-state index is 12.8. The van der Waals surface area contributed by atoms with Gasteiger partial charge in [0.15, 0.2) is 5.96 Å². The first-order chi connectivity index (χ1) is 12.8. The lowest BCUT2D eigenvalue weighted by molar-refractivity contribution is -0.137. The number of halogens is 3. The molecule has 8 heteroatoms. The zero-order chi connectivity index (χ0) is 19.9. The van der Waals surface area contributed by atoms with Crippen LogP contribution in [0.25, 0.3) is 0 Å². The van der Waals surface area contributed by atoms with Gasteiger partial charge in [-0.3, -0.25) is 4.99 Å². The SMILES string of the molecule is CN=C(NCCc1ncc(C)s1)NCCC(C)c1cccc(C(F)(F)F)c1. The zero-order valence-corrected chi connectivity index (χ0v) is 16.5. The van der Waals surface area contributed by atoms with Crippen LogP contribution in [0.4, 0.5) is 13.2 Å². The zero-order valence-electron chi connectivity index (χ0n) is 15.7. The molecular formula is C19H25F3N4S. The van der Waals surface area contributed by atoms with Crippen molar-refractivity contribution in [1.82, 2.24) is 15.6 Å². The maximum absolute atomic E-state index is 12.8. The highest BCUT2D eigenvalue weighted by Crippen LogP contribution is 2.31. The van der Waals surface area contributed by atoms with Crippen LogP contribution in [0.5, 0.6) is 0 Å². The first-order valence-electron chi connectivity index (χ1n) is 8.82. The molecule has 0 saturated heterocycles. The normalized spacial score (nSPS) is 13.5. The largest absolute Gasteiger partial charge is 0.416 e. The molecule has 1 aromatic heterocycles. The second-order valence-corrected chi connectivity index (χ2v) is 7.67. The molecule has 0 aliphatic heterocycles. The van der Waals surface area contributed by atoms with Crippen molar-refractivity contribution in [3.05, 3.63) is 51.5 Å². The molecular weight excluding hydrogens is 373 g/mol. The van der Waals surface area contributed by atoms with Crippen LogP contribution in [-0.4, -0.2) is 31.1 Å². The summed E-state index contributed by atoms with van der Waals surface area (Å²) >= 11 is 1.68. The van der Waals surface area contributed by atoms with Gasteiger partial charge in [0.1, 0.15) is 0 Å². The summed E-state index contributed by atoms with van der Waals surface area (Å²) in [5.74, 6) is 0.690. The molecule has 1 heterocycles. The Morgan fingerprint density at radius 2 is 2.00 bits per heavy atom. The lowest BCUT2D eigenvalue weighted by Gasteiger charge is -2.16. The molecule has 0 radical (unpaired) electrons. The number of benzene rings is 1. The molecule has 4 nitrogen and oxygen atoms in total. The summed E-state index contributed by atoms with van der Waals surface area (Å²) in [7, 11) is 1.69. The molecule has 148 valence electrons. The van der Waals surface area contributed by atoms with Crippen molar-refractivity contribution in [1.29, 1.82) is 0 Å². The van der Waals surface area contributed by atoms with Gasteiger partial charge in [-0.1, -0.05) is 25.1 Å². The van der Waals surface area contributed by atoms with E-state index in [1.165, 1.54) is 17.0 Å². The number of aryl methyl sites for hydroxylation is 1. The third kappa shape index (κ3) is 6.86. The van der Waals surface area contributed by atoms with Gasteiger partial charge in [0.2, 0.25) is 0 Å². The fourth-order valence-electron chi connectivity index (χ4n) is 2.62. The van der Waals surface area contributed by atoms with E-state index in [0.717, 1.165) is 24.0 Å². The Kier molecular flexibility index (Phi) is 7.65. The number of alkyl halides is 3. The van der Waals surface area contributed by atoms with Crippen molar-refractivity contribution in [3.63, 3.8) is 0 Å². The highest BCUT2D eigenvalue weighted by molar-refractivity contribution is 7.11. The van der Waals surface area contributed by atoms with E-state index in [1.807, 2.05) is 20.0 Å². The van der Waals surface area contributed by atoms with Crippen molar-refractivity contribution in [2.75, 3.05) is 20.1 Å². The fraction of sp³-hybridized carbons (Fsp3) is 0.474. The molecule has 1 aromatic carbocycles. The Bertz CT molecular complexity index is 755. The Morgan fingerprint density at radius 1 is 1.26 bits per heavy atom. The molecule has 2 rings (SSSR count). The summed E-state index contributed by atoms with van der Waals surface area (Å²) in [4.78, 5) is 9.68. The van der Waals surface area contributed by atoms with Gasteiger partial charge in [-0.05, 0) is 30.9 Å². The Labute approximate surface area is 161 Å². The summed E-state index contributed by atoms with van der Waals surface area (Å²) < 4.78 is 38.5. The molecule has 0 aliphatic carbocycles. The summed E-state index contributed by atoms with van der Waals surface area (Å²) in [5.41, 5.74) is 0.0865. The van der Waals surface area contributed by atoms with Gasteiger partial charge in [0.05, 0.1) is 10.6 Å². The van der Waals surface area contributed by atoms with Gasteiger partial charge in [-0.2, -0.15) is 13.2 Å². The summed E-state index contributed by atoms with van der Waals surface area (Å²) in [6.45, 7) is 5.29. The smallest absolute Gasteiger partial charge is 0.356 e. The maximum Gasteiger partial charge on any atom is 0.416 e. The first-order valence-corrected chi connectivity index (χ1v) is 9.64.